The quantitative estimate of drug-likeness (QED) is 0.553. The molecule has 0 saturated carbocycles. The van der Waals surface area contributed by atoms with E-state index in [1.165, 1.54) is 19.1 Å². The molecular weight excluding hydrogens is 278 g/mol. The van der Waals surface area contributed by atoms with Gasteiger partial charge in [-0.15, -0.1) is 0 Å². The van der Waals surface area contributed by atoms with Crippen molar-refractivity contribution in [1.82, 2.24) is 0 Å². The van der Waals surface area contributed by atoms with E-state index in [0.29, 0.717) is 5.56 Å². The average molecular weight is 295 g/mol. The van der Waals surface area contributed by atoms with Gasteiger partial charge in [0.1, 0.15) is 23.1 Å². The highest BCUT2D eigenvalue weighted by molar-refractivity contribution is 5.91. The molecule has 21 heavy (non-hydrogen) atoms. The third-order valence-electron chi connectivity index (χ3n) is 3.42. The van der Waals surface area contributed by atoms with Crippen LogP contribution in [0.15, 0.2) is 12.1 Å². The van der Waals surface area contributed by atoms with Crippen molar-refractivity contribution in [3.63, 3.8) is 0 Å². The molecule has 114 valence electrons. The summed E-state index contributed by atoms with van der Waals surface area (Å²) in [4.78, 5) is 21.7. The van der Waals surface area contributed by atoms with Crippen LogP contribution in [0.2, 0.25) is 0 Å². The predicted octanol–water partition coefficient (Wildman–Crippen LogP) is 1.08. The van der Waals surface area contributed by atoms with E-state index >= 15 is 0 Å². The fourth-order valence-electron chi connectivity index (χ4n) is 2.32. The number of amides is 1. The number of nitrogens with two attached hydrogens (primary N) is 1. The number of aliphatic hydroxyl groups excluding tert-OH is 1. The van der Waals surface area contributed by atoms with Crippen LogP contribution in [-0.4, -0.2) is 27.6 Å². The van der Waals surface area contributed by atoms with Crippen LogP contribution in [0.4, 0.5) is 11.4 Å². The number of fused-ring (bicyclic) bond motifs is 1. The number of nitrogens with zero attached hydrogens (tertiary/aromatic N) is 1. The minimum Gasteiger partial charge on any atom is -0.484 e. The van der Waals surface area contributed by atoms with Crippen LogP contribution in [0.1, 0.15) is 32.4 Å². The number of carbonyl (C=O) groups excluding carboxylic acids is 1. The maximum absolute atomic E-state index is 11.2. The molecule has 2 atom stereocenters. The number of carbonyl (C=O) groups is 1. The van der Waals surface area contributed by atoms with Gasteiger partial charge in [-0.2, -0.15) is 0 Å². The maximum Gasteiger partial charge on any atom is 0.296 e. The predicted molar refractivity (Wildman–Crippen MR) is 75.0 cm³/mol. The van der Waals surface area contributed by atoms with E-state index in [2.05, 4.69) is 5.32 Å². The second-order valence-corrected chi connectivity index (χ2v) is 5.52. The smallest absolute Gasteiger partial charge is 0.296 e. The van der Waals surface area contributed by atoms with Gasteiger partial charge in [-0.25, -0.2) is 0 Å². The first kappa shape index (κ1) is 15.2. The Hall–Kier alpha value is -2.19. The first-order chi connectivity index (χ1) is 9.63. The molecule has 0 bridgehead atoms. The van der Waals surface area contributed by atoms with Crippen molar-refractivity contribution in [3.8, 4) is 5.75 Å². The number of anilines is 1. The molecule has 0 unspecified atom stereocenters. The Balaban J connectivity index is 2.59. The van der Waals surface area contributed by atoms with Crippen molar-refractivity contribution in [1.29, 1.82) is 0 Å². The third kappa shape index (κ3) is 2.67. The van der Waals surface area contributed by atoms with Crippen LogP contribution in [0, 0.1) is 10.1 Å². The Kier molecular flexibility index (Phi) is 3.60. The highest BCUT2D eigenvalue weighted by Crippen LogP contribution is 2.43. The zero-order valence-corrected chi connectivity index (χ0v) is 11.9. The summed E-state index contributed by atoms with van der Waals surface area (Å²) in [5.74, 6) is -0.206. The SMILES string of the molecule is CC(=O)Nc1cc2c(cc1[N+](=O)[O-])OC(C)(C)[C@@H](O)[C@@H]2N. The lowest BCUT2D eigenvalue weighted by Gasteiger charge is -2.40. The molecule has 0 aromatic heterocycles. The summed E-state index contributed by atoms with van der Waals surface area (Å²) in [5.41, 5.74) is 5.17. The van der Waals surface area contributed by atoms with Gasteiger partial charge in [-0.05, 0) is 19.9 Å². The molecule has 2 rings (SSSR count). The minimum absolute atomic E-state index is 0.0252. The van der Waals surface area contributed by atoms with Crippen LogP contribution >= 0.6 is 0 Å². The highest BCUT2D eigenvalue weighted by atomic mass is 16.6. The lowest BCUT2D eigenvalue weighted by Crippen LogP contribution is -2.51. The van der Waals surface area contributed by atoms with Crippen LogP contribution in [0.5, 0.6) is 5.75 Å². The van der Waals surface area contributed by atoms with Crippen molar-refractivity contribution in [2.75, 3.05) is 5.32 Å². The van der Waals surface area contributed by atoms with E-state index in [1.54, 1.807) is 13.8 Å². The van der Waals surface area contributed by atoms with Gasteiger partial charge >= 0.3 is 0 Å². The molecule has 1 aromatic rings. The molecule has 8 nitrogen and oxygen atoms in total. The van der Waals surface area contributed by atoms with Gasteiger partial charge in [0.05, 0.1) is 17.0 Å². The average Bonchev–Trinajstić information content (AvgIpc) is 2.35. The molecular formula is C13H17N3O5. The summed E-state index contributed by atoms with van der Waals surface area (Å²) in [6.45, 7) is 4.54. The second-order valence-electron chi connectivity index (χ2n) is 5.52. The molecule has 0 fully saturated rings. The lowest BCUT2D eigenvalue weighted by molar-refractivity contribution is -0.384. The first-order valence-corrected chi connectivity index (χ1v) is 6.36. The Labute approximate surface area is 121 Å². The van der Waals surface area contributed by atoms with E-state index in [-0.39, 0.29) is 17.1 Å². The molecule has 4 N–H and O–H groups in total. The molecule has 1 heterocycles. The number of ether oxygens (including phenoxy) is 1. The Morgan fingerprint density at radius 3 is 2.67 bits per heavy atom. The number of nitrogens with one attached hydrogen (secondary N) is 1. The Bertz CT molecular complexity index is 614. The lowest BCUT2D eigenvalue weighted by atomic mass is 9.87. The monoisotopic (exact) mass is 295 g/mol. The Morgan fingerprint density at radius 2 is 2.14 bits per heavy atom. The van der Waals surface area contributed by atoms with E-state index in [4.69, 9.17) is 10.5 Å². The van der Waals surface area contributed by atoms with Gasteiger partial charge in [0, 0.05) is 12.5 Å². The van der Waals surface area contributed by atoms with Gasteiger partial charge in [-0.1, -0.05) is 0 Å². The standard InChI is InChI=1S/C13H17N3O5/c1-6(17)15-8-4-7-10(5-9(8)16(19)20)21-13(2,3)12(18)11(7)14/h4-5,11-12,18H,14H2,1-3H3,(H,15,17)/t11-,12+/m1/s1. The number of benzene rings is 1. The zero-order chi connectivity index (χ0) is 15.9. The van der Waals surface area contributed by atoms with Crippen LogP contribution in [0.25, 0.3) is 0 Å². The van der Waals surface area contributed by atoms with Gasteiger partial charge in [0.25, 0.3) is 5.69 Å². The van der Waals surface area contributed by atoms with Gasteiger partial charge < -0.3 is 20.9 Å². The molecule has 0 saturated heterocycles. The summed E-state index contributed by atoms with van der Waals surface area (Å²) in [5, 5.41) is 23.6. The molecule has 1 aliphatic rings. The van der Waals surface area contributed by atoms with Crippen molar-refractivity contribution < 1.29 is 19.6 Å². The number of aliphatic hydroxyl groups is 1. The number of nitro benzene ring substituents is 1. The fourth-order valence-corrected chi connectivity index (χ4v) is 2.32. The topological polar surface area (TPSA) is 128 Å². The van der Waals surface area contributed by atoms with E-state index in [1.807, 2.05) is 0 Å². The summed E-state index contributed by atoms with van der Waals surface area (Å²) in [6.07, 6.45) is -0.975. The van der Waals surface area contributed by atoms with Gasteiger partial charge in [-0.3, -0.25) is 14.9 Å². The minimum atomic E-state index is -0.975. The van der Waals surface area contributed by atoms with Crippen molar-refractivity contribution in [2.45, 2.75) is 38.5 Å². The third-order valence-corrected chi connectivity index (χ3v) is 3.42. The number of rotatable bonds is 2. The summed E-state index contributed by atoms with van der Waals surface area (Å²) in [6, 6.07) is 1.82. The van der Waals surface area contributed by atoms with Crippen LogP contribution in [-0.2, 0) is 4.79 Å². The molecule has 0 spiro atoms. The highest BCUT2D eigenvalue weighted by Gasteiger charge is 2.42. The fraction of sp³-hybridized carbons (Fsp3) is 0.462. The molecule has 8 heteroatoms. The van der Waals surface area contributed by atoms with E-state index < -0.39 is 28.6 Å². The molecule has 1 aromatic carbocycles. The zero-order valence-electron chi connectivity index (χ0n) is 11.9. The van der Waals surface area contributed by atoms with E-state index in [0.717, 1.165) is 0 Å². The Morgan fingerprint density at radius 1 is 1.52 bits per heavy atom. The molecule has 1 aliphatic heterocycles. The van der Waals surface area contributed by atoms with Gasteiger partial charge in [0.15, 0.2) is 0 Å². The summed E-state index contributed by atoms with van der Waals surface area (Å²) >= 11 is 0. The van der Waals surface area contributed by atoms with Crippen molar-refractivity contribution in [2.24, 2.45) is 5.73 Å². The van der Waals surface area contributed by atoms with Crippen LogP contribution < -0.4 is 15.8 Å². The molecule has 0 aliphatic carbocycles. The van der Waals surface area contributed by atoms with Crippen LogP contribution in [0.3, 0.4) is 0 Å². The maximum atomic E-state index is 11.2. The number of nitro groups is 1. The first-order valence-electron chi connectivity index (χ1n) is 6.36. The molecule has 1 amide bonds. The largest absolute Gasteiger partial charge is 0.484 e. The van der Waals surface area contributed by atoms with Crippen molar-refractivity contribution >= 4 is 17.3 Å². The second kappa shape index (κ2) is 4.97. The molecule has 0 radical (unpaired) electrons. The van der Waals surface area contributed by atoms with E-state index in [9.17, 15) is 20.0 Å². The summed E-state index contributed by atoms with van der Waals surface area (Å²) < 4.78 is 5.61. The summed E-state index contributed by atoms with van der Waals surface area (Å²) in [7, 11) is 0. The number of hydrogen-bond acceptors (Lipinski definition) is 6. The number of hydrogen-bond donors (Lipinski definition) is 3. The van der Waals surface area contributed by atoms with Crippen molar-refractivity contribution in [3.05, 3.63) is 27.8 Å². The normalized spacial score (nSPS) is 22.9. The van der Waals surface area contributed by atoms with Gasteiger partial charge in [0.2, 0.25) is 5.91 Å².